The van der Waals surface area contributed by atoms with Gasteiger partial charge in [-0.1, -0.05) is 48.0 Å². The lowest BCUT2D eigenvalue weighted by atomic mass is 10.1. The van der Waals surface area contributed by atoms with Gasteiger partial charge in [-0.05, 0) is 18.6 Å². The summed E-state index contributed by atoms with van der Waals surface area (Å²) in [5.41, 5.74) is 2.31. The number of halogens is 1. The number of rotatable bonds is 3. The normalized spacial score (nSPS) is 11.1. The van der Waals surface area contributed by atoms with Crippen molar-refractivity contribution in [3.05, 3.63) is 52.6 Å². The topological polar surface area (TPSA) is 26.3 Å². The first kappa shape index (κ1) is 12.5. The lowest BCUT2D eigenvalue weighted by molar-refractivity contribution is -0.135. The zero-order chi connectivity index (χ0) is 12.1. The van der Waals surface area contributed by atoms with Crippen molar-refractivity contribution in [2.45, 2.75) is 6.92 Å². The van der Waals surface area contributed by atoms with Crippen molar-refractivity contribution in [3.8, 4) is 0 Å². The Bertz CT molecular complexity index is 430. The molecule has 0 aliphatic carbocycles. The summed E-state index contributed by atoms with van der Waals surface area (Å²) < 4.78 is 4.62. The summed E-state index contributed by atoms with van der Waals surface area (Å²) in [5.74, 6) is -0.486. The summed E-state index contributed by atoms with van der Waals surface area (Å²) in [6.45, 7) is 5.53. The Morgan fingerprint density at radius 3 is 2.38 bits per heavy atom. The lowest BCUT2D eigenvalue weighted by Gasteiger charge is -2.03. The van der Waals surface area contributed by atoms with Crippen LogP contribution in [0.5, 0.6) is 0 Å². The standard InChI is InChI=1S/C13H13ClO2/c1-9-4-6-11(7-5-9)8-12(10(2)14)13(15)16-3/h4-8H,2H2,1,3H3/b12-8+. The number of carbonyl (C=O) groups is 1. The van der Waals surface area contributed by atoms with E-state index in [4.69, 9.17) is 11.6 Å². The Kier molecular flexibility index (Phi) is 4.32. The molecule has 0 unspecified atom stereocenters. The first-order valence-corrected chi connectivity index (χ1v) is 5.14. The zero-order valence-corrected chi connectivity index (χ0v) is 10.0. The van der Waals surface area contributed by atoms with E-state index in [1.807, 2.05) is 31.2 Å². The van der Waals surface area contributed by atoms with Crippen LogP contribution < -0.4 is 0 Å². The molecule has 0 aromatic heterocycles. The van der Waals surface area contributed by atoms with Gasteiger partial charge in [-0.3, -0.25) is 0 Å². The molecule has 0 amide bonds. The number of carbonyl (C=O) groups excluding carboxylic acids is 1. The molecule has 0 spiro atoms. The predicted molar refractivity (Wildman–Crippen MR) is 66.2 cm³/mol. The van der Waals surface area contributed by atoms with E-state index in [9.17, 15) is 4.79 Å². The molecular weight excluding hydrogens is 224 g/mol. The molecule has 0 fully saturated rings. The van der Waals surface area contributed by atoms with Crippen molar-refractivity contribution < 1.29 is 9.53 Å². The predicted octanol–water partition coefficient (Wildman–Crippen LogP) is 3.30. The molecule has 0 radical (unpaired) electrons. The number of hydrogen-bond donors (Lipinski definition) is 0. The second kappa shape index (κ2) is 5.52. The van der Waals surface area contributed by atoms with Crippen molar-refractivity contribution in [3.63, 3.8) is 0 Å². The molecule has 0 aliphatic rings. The lowest BCUT2D eigenvalue weighted by Crippen LogP contribution is -2.04. The number of hydrogen-bond acceptors (Lipinski definition) is 2. The molecule has 1 aromatic rings. The van der Waals surface area contributed by atoms with Gasteiger partial charge in [0, 0.05) is 5.03 Å². The van der Waals surface area contributed by atoms with E-state index < -0.39 is 5.97 Å². The van der Waals surface area contributed by atoms with E-state index in [0.717, 1.165) is 11.1 Å². The summed E-state index contributed by atoms with van der Waals surface area (Å²) in [4.78, 5) is 11.4. The van der Waals surface area contributed by atoms with Gasteiger partial charge in [0.05, 0.1) is 12.7 Å². The van der Waals surface area contributed by atoms with Crippen LogP contribution in [0.15, 0.2) is 41.4 Å². The van der Waals surface area contributed by atoms with Crippen LogP contribution >= 0.6 is 11.6 Å². The van der Waals surface area contributed by atoms with Crippen LogP contribution in [0.1, 0.15) is 11.1 Å². The van der Waals surface area contributed by atoms with Crippen molar-refractivity contribution in [1.29, 1.82) is 0 Å². The van der Waals surface area contributed by atoms with Gasteiger partial charge in [0.2, 0.25) is 0 Å². The highest BCUT2D eigenvalue weighted by Gasteiger charge is 2.11. The molecule has 0 saturated carbocycles. The molecule has 0 heterocycles. The van der Waals surface area contributed by atoms with Crippen molar-refractivity contribution in [1.82, 2.24) is 0 Å². The fraction of sp³-hybridized carbons (Fsp3) is 0.154. The van der Waals surface area contributed by atoms with E-state index >= 15 is 0 Å². The summed E-state index contributed by atoms with van der Waals surface area (Å²) in [5, 5.41) is 0.174. The molecule has 0 saturated heterocycles. The van der Waals surface area contributed by atoms with Gasteiger partial charge in [0.1, 0.15) is 0 Å². The number of methoxy groups -OCH3 is 1. The largest absolute Gasteiger partial charge is 0.465 e. The highest BCUT2D eigenvalue weighted by atomic mass is 35.5. The van der Waals surface area contributed by atoms with Gasteiger partial charge in [-0.2, -0.15) is 0 Å². The van der Waals surface area contributed by atoms with Gasteiger partial charge >= 0.3 is 5.97 Å². The average molecular weight is 237 g/mol. The Balaban J connectivity index is 3.07. The number of esters is 1. The maximum atomic E-state index is 11.4. The smallest absolute Gasteiger partial charge is 0.339 e. The summed E-state index contributed by atoms with van der Waals surface area (Å²) in [6, 6.07) is 7.71. The van der Waals surface area contributed by atoms with Crippen LogP contribution in [0.4, 0.5) is 0 Å². The third kappa shape index (κ3) is 3.24. The molecule has 0 aliphatic heterocycles. The van der Waals surface area contributed by atoms with Crippen molar-refractivity contribution in [2.24, 2.45) is 0 Å². The maximum absolute atomic E-state index is 11.4. The minimum absolute atomic E-state index is 0.174. The first-order chi connectivity index (χ1) is 7.54. The van der Waals surface area contributed by atoms with Crippen LogP contribution in [-0.4, -0.2) is 13.1 Å². The third-order valence-corrected chi connectivity index (χ3v) is 2.29. The minimum Gasteiger partial charge on any atom is -0.465 e. The van der Waals surface area contributed by atoms with E-state index in [0.29, 0.717) is 0 Å². The molecule has 16 heavy (non-hydrogen) atoms. The summed E-state index contributed by atoms with van der Waals surface area (Å²) in [7, 11) is 1.31. The average Bonchev–Trinajstić information content (AvgIpc) is 2.27. The zero-order valence-electron chi connectivity index (χ0n) is 9.29. The van der Waals surface area contributed by atoms with Gasteiger partial charge in [0.25, 0.3) is 0 Å². The highest BCUT2D eigenvalue weighted by Crippen LogP contribution is 2.18. The summed E-state index contributed by atoms with van der Waals surface area (Å²) >= 11 is 5.74. The molecule has 1 aromatic carbocycles. The molecule has 3 heteroatoms. The van der Waals surface area contributed by atoms with Gasteiger partial charge in [-0.15, -0.1) is 0 Å². The monoisotopic (exact) mass is 236 g/mol. The van der Waals surface area contributed by atoms with E-state index in [1.165, 1.54) is 7.11 Å². The second-order valence-corrected chi connectivity index (χ2v) is 3.82. The fourth-order valence-electron chi connectivity index (χ4n) is 1.19. The molecule has 0 atom stereocenters. The Morgan fingerprint density at radius 1 is 1.38 bits per heavy atom. The number of ether oxygens (including phenoxy) is 1. The Hall–Kier alpha value is -1.54. The maximum Gasteiger partial charge on any atom is 0.339 e. The van der Waals surface area contributed by atoms with Crippen molar-refractivity contribution >= 4 is 23.6 Å². The van der Waals surface area contributed by atoms with Crippen LogP contribution in [0.2, 0.25) is 0 Å². The molecule has 2 nitrogen and oxygen atoms in total. The van der Waals surface area contributed by atoms with E-state index in [2.05, 4.69) is 11.3 Å². The number of aryl methyl sites for hydroxylation is 1. The number of benzene rings is 1. The van der Waals surface area contributed by atoms with Crippen LogP contribution in [0.3, 0.4) is 0 Å². The van der Waals surface area contributed by atoms with Crippen LogP contribution in [-0.2, 0) is 9.53 Å². The summed E-state index contributed by atoms with van der Waals surface area (Å²) in [6.07, 6.45) is 1.65. The first-order valence-electron chi connectivity index (χ1n) is 4.76. The Morgan fingerprint density at radius 2 is 1.94 bits per heavy atom. The highest BCUT2D eigenvalue weighted by molar-refractivity contribution is 6.35. The molecule has 0 N–H and O–H groups in total. The second-order valence-electron chi connectivity index (χ2n) is 3.37. The van der Waals surface area contributed by atoms with Gasteiger partial charge in [0.15, 0.2) is 0 Å². The third-order valence-electron chi connectivity index (χ3n) is 2.09. The quantitative estimate of drug-likeness (QED) is 0.457. The van der Waals surface area contributed by atoms with Crippen LogP contribution in [0.25, 0.3) is 6.08 Å². The Labute approximate surface area is 100 Å². The molecular formula is C13H13ClO2. The van der Waals surface area contributed by atoms with E-state index in [-0.39, 0.29) is 10.6 Å². The van der Waals surface area contributed by atoms with Crippen LogP contribution in [0, 0.1) is 6.92 Å². The van der Waals surface area contributed by atoms with Gasteiger partial charge in [-0.25, -0.2) is 4.79 Å². The molecule has 84 valence electrons. The molecule has 0 bridgehead atoms. The van der Waals surface area contributed by atoms with E-state index in [1.54, 1.807) is 6.08 Å². The minimum atomic E-state index is -0.486. The molecule has 1 rings (SSSR count). The fourth-order valence-corrected chi connectivity index (χ4v) is 1.32. The SMILES string of the molecule is C=C(Cl)/C(=C\c1ccc(C)cc1)C(=O)OC. The van der Waals surface area contributed by atoms with Crippen molar-refractivity contribution in [2.75, 3.05) is 7.11 Å². The van der Waals surface area contributed by atoms with Gasteiger partial charge < -0.3 is 4.74 Å².